The SMILES string of the molecule is Cc1cccc(C)c1CC(=O)c1ccoc1Br. The van der Waals surface area contributed by atoms with E-state index in [4.69, 9.17) is 4.42 Å². The standard InChI is InChI=1S/C14H13BrO2/c1-9-4-3-5-10(2)12(9)8-13(16)11-6-7-17-14(11)15/h3-7H,8H2,1-2H3. The highest BCUT2D eigenvalue weighted by Gasteiger charge is 2.15. The van der Waals surface area contributed by atoms with Crippen molar-refractivity contribution in [1.82, 2.24) is 0 Å². The Balaban J connectivity index is 2.28. The van der Waals surface area contributed by atoms with Crippen molar-refractivity contribution in [1.29, 1.82) is 0 Å². The normalized spacial score (nSPS) is 10.5. The number of Topliss-reactive ketones (excluding diaryl/α,β-unsaturated/α-hetero) is 1. The summed E-state index contributed by atoms with van der Waals surface area (Å²) < 4.78 is 5.59. The maximum atomic E-state index is 12.1. The van der Waals surface area contributed by atoms with E-state index in [9.17, 15) is 4.79 Å². The fourth-order valence-electron chi connectivity index (χ4n) is 1.88. The van der Waals surface area contributed by atoms with Crippen LogP contribution >= 0.6 is 15.9 Å². The number of halogens is 1. The number of rotatable bonds is 3. The first kappa shape index (κ1) is 12.1. The number of hydrogen-bond donors (Lipinski definition) is 0. The van der Waals surface area contributed by atoms with Gasteiger partial charge >= 0.3 is 0 Å². The monoisotopic (exact) mass is 292 g/mol. The van der Waals surface area contributed by atoms with E-state index in [1.54, 1.807) is 6.07 Å². The molecule has 88 valence electrons. The summed E-state index contributed by atoms with van der Waals surface area (Å²) in [6, 6.07) is 7.76. The Morgan fingerprint density at radius 2 is 1.88 bits per heavy atom. The maximum Gasteiger partial charge on any atom is 0.179 e. The molecule has 0 saturated heterocycles. The Morgan fingerprint density at radius 1 is 1.24 bits per heavy atom. The Labute approximate surface area is 109 Å². The number of ketones is 1. The average Bonchev–Trinajstić information content (AvgIpc) is 2.70. The van der Waals surface area contributed by atoms with E-state index >= 15 is 0 Å². The average molecular weight is 293 g/mol. The molecule has 0 aliphatic carbocycles. The van der Waals surface area contributed by atoms with Gasteiger partial charge in [-0.15, -0.1) is 0 Å². The zero-order chi connectivity index (χ0) is 12.4. The molecule has 0 bridgehead atoms. The maximum absolute atomic E-state index is 12.1. The van der Waals surface area contributed by atoms with Crippen molar-refractivity contribution in [3.63, 3.8) is 0 Å². The molecule has 0 aliphatic heterocycles. The molecule has 0 unspecified atom stereocenters. The minimum atomic E-state index is 0.0722. The van der Waals surface area contributed by atoms with Crippen molar-refractivity contribution in [2.75, 3.05) is 0 Å². The van der Waals surface area contributed by atoms with E-state index in [0.29, 0.717) is 16.7 Å². The molecule has 0 amide bonds. The van der Waals surface area contributed by atoms with Gasteiger partial charge in [-0.3, -0.25) is 4.79 Å². The smallest absolute Gasteiger partial charge is 0.179 e. The predicted molar refractivity (Wildman–Crippen MR) is 70.4 cm³/mol. The topological polar surface area (TPSA) is 30.2 Å². The summed E-state index contributed by atoms with van der Waals surface area (Å²) in [5.74, 6) is 0.0722. The summed E-state index contributed by atoms with van der Waals surface area (Å²) in [4.78, 5) is 12.1. The molecule has 1 heterocycles. The summed E-state index contributed by atoms with van der Waals surface area (Å²) in [6.07, 6.45) is 1.93. The van der Waals surface area contributed by atoms with Gasteiger partial charge in [-0.1, -0.05) is 18.2 Å². The van der Waals surface area contributed by atoms with Crippen LogP contribution < -0.4 is 0 Å². The minimum absolute atomic E-state index is 0.0722. The van der Waals surface area contributed by atoms with E-state index in [1.807, 2.05) is 32.0 Å². The highest BCUT2D eigenvalue weighted by molar-refractivity contribution is 9.10. The summed E-state index contributed by atoms with van der Waals surface area (Å²) in [5, 5.41) is 0. The van der Waals surface area contributed by atoms with Gasteiger partial charge in [-0.05, 0) is 52.5 Å². The Morgan fingerprint density at radius 3 is 2.41 bits per heavy atom. The quantitative estimate of drug-likeness (QED) is 0.798. The van der Waals surface area contributed by atoms with Gasteiger partial charge < -0.3 is 4.42 Å². The second kappa shape index (κ2) is 4.88. The fraction of sp³-hybridized carbons (Fsp3) is 0.214. The minimum Gasteiger partial charge on any atom is -0.457 e. The molecule has 3 heteroatoms. The van der Waals surface area contributed by atoms with Crippen LogP contribution in [0.15, 0.2) is 39.6 Å². The predicted octanol–water partition coefficient (Wildman–Crippen LogP) is 4.08. The van der Waals surface area contributed by atoms with Crippen LogP contribution in [-0.2, 0) is 6.42 Å². The van der Waals surface area contributed by atoms with Gasteiger partial charge in [0.1, 0.15) is 0 Å². The van der Waals surface area contributed by atoms with Crippen LogP contribution in [-0.4, -0.2) is 5.78 Å². The molecule has 1 aromatic heterocycles. The van der Waals surface area contributed by atoms with Crippen LogP contribution in [0, 0.1) is 13.8 Å². The third-order valence-corrected chi connectivity index (χ3v) is 3.51. The number of furan rings is 1. The Hall–Kier alpha value is -1.35. The highest BCUT2D eigenvalue weighted by atomic mass is 79.9. The molecule has 0 fully saturated rings. The van der Waals surface area contributed by atoms with E-state index in [0.717, 1.165) is 16.7 Å². The molecule has 2 rings (SSSR count). The van der Waals surface area contributed by atoms with Crippen LogP contribution in [0.5, 0.6) is 0 Å². The fourth-order valence-corrected chi connectivity index (χ4v) is 2.34. The zero-order valence-corrected chi connectivity index (χ0v) is 11.4. The summed E-state index contributed by atoms with van der Waals surface area (Å²) >= 11 is 3.23. The number of carbonyl (C=O) groups is 1. The van der Waals surface area contributed by atoms with Crippen LogP contribution in [0.1, 0.15) is 27.0 Å². The lowest BCUT2D eigenvalue weighted by molar-refractivity contribution is 0.0991. The van der Waals surface area contributed by atoms with E-state index in [2.05, 4.69) is 15.9 Å². The number of hydrogen-bond acceptors (Lipinski definition) is 2. The van der Waals surface area contributed by atoms with E-state index in [1.165, 1.54) is 6.26 Å². The van der Waals surface area contributed by atoms with Crippen LogP contribution in [0.4, 0.5) is 0 Å². The van der Waals surface area contributed by atoms with E-state index in [-0.39, 0.29) is 5.78 Å². The molecule has 1 aromatic carbocycles. The first-order valence-corrected chi connectivity index (χ1v) is 6.20. The zero-order valence-electron chi connectivity index (χ0n) is 9.79. The largest absolute Gasteiger partial charge is 0.457 e. The van der Waals surface area contributed by atoms with Crippen LogP contribution in [0.2, 0.25) is 0 Å². The summed E-state index contributed by atoms with van der Waals surface area (Å²) in [7, 11) is 0. The van der Waals surface area contributed by atoms with Gasteiger partial charge in [0.05, 0.1) is 11.8 Å². The first-order chi connectivity index (χ1) is 8.09. The van der Waals surface area contributed by atoms with Crippen molar-refractivity contribution in [2.45, 2.75) is 20.3 Å². The van der Waals surface area contributed by atoms with Gasteiger partial charge in [0.25, 0.3) is 0 Å². The van der Waals surface area contributed by atoms with Gasteiger partial charge in [-0.2, -0.15) is 0 Å². The number of carbonyl (C=O) groups excluding carboxylic acids is 1. The van der Waals surface area contributed by atoms with Crippen molar-refractivity contribution >= 4 is 21.7 Å². The van der Waals surface area contributed by atoms with E-state index < -0.39 is 0 Å². The molecule has 0 saturated carbocycles. The van der Waals surface area contributed by atoms with Gasteiger partial charge in [0.2, 0.25) is 0 Å². The molecular weight excluding hydrogens is 280 g/mol. The van der Waals surface area contributed by atoms with Gasteiger partial charge in [-0.25, -0.2) is 0 Å². The molecule has 0 aliphatic rings. The molecule has 0 N–H and O–H groups in total. The van der Waals surface area contributed by atoms with Crippen molar-refractivity contribution in [3.05, 3.63) is 57.5 Å². The van der Waals surface area contributed by atoms with Crippen LogP contribution in [0.25, 0.3) is 0 Å². The first-order valence-electron chi connectivity index (χ1n) is 5.41. The molecule has 0 radical (unpaired) electrons. The Kier molecular flexibility index (Phi) is 3.48. The molecule has 2 aromatic rings. The second-order valence-electron chi connectivity index (χ2n) is 4.08. The lowest BCUT2D eigenvalue weighted by Crippen LogP contribution is -2.06. The van der Waals surface area contributed by atoms with Gasteiger partial charge in [0, 0.05) is 6.42 Å². The van der Waals surface area contributed by atoms with Crippen LogP contribution in [0.3, 0.4) is 0 Å². The third-order valence-electron chi connectivity index (χ3n) is 2.90. The van der Waals surface area contributed by atoms with Gasteiger partial charge in [0.15, 0.2) is 10.5 Å². The highest BCUT2D eigenvalue weighted by Crippen LogP contribution is 2.21. The molecule has 2 nitrogen and oxygen atoms in total. The van der Waals surface area contributed by atoms with Crippen molar-refractivity contribution in [3.8, 4) is 0 Å². The van der Waals surface area contributed by atoms with Crippen molar-refractivity contribution in [2.24, 2.45) is 0 Å². The molecule has 0 atom stereocenters. The molecule has 17 heavy (non-hydrogen) atoms. The molecule has 0 spiro atoms. The lowest BCUT2D eigenvalue weighted by atomic mass is 9.96. The van der Waals surface area contributed by atoms with Crippen molar-refractivity contribution < 1.29 is 9.21 Å². The number of aryl methyl sites for hydroxylation is 2. The number of benzene rings is 1. The third kappa shape index (κ3) is 2.50. The summed E-state index contributed by atoms with van der Waals surface area (Å²) in [6.45, 7) is 4.06. The summed E-state index contributed by atoms with van der Waals surface area (Å²) in [5.41, 5.74) is 4.01. The second-order valence-corrected chi connectivity index (χ2v) is 4.80. The Bertz CT molecular complexity index is 535. The lowest BCUT2D eigenvalue weighted by Gasteiger charge is -2.08. The molecular formula is C14H13BrO2.